The molecule has 0 aliphatic carbocycles. The first-order chi connectivity index (χ1) is 9.88. The molecule has 0 saturated heterocycles. The Balaban J connectivity index is 2.18. The highest BCUT2D eigenvalue weighted by Gasteiger charge is 2.17. The summed E-state index contributed by atoms with van der Waals surface area (Å²) >= 11 is 4.90. The largest absolute Gasteiger partial charge is 0.397 e. The first-order valence-electron chi connectivity index (χ1n) is 6.45. The number of rotatable bonds is 4. The van der Waals surface area contributed by atoms with Gasteiger partial charge in [-0.25, -0.2) is 0 Å². The van der Waals surface area contributed by atoms with Gasteiger partial charge in [-0.1, -0.05) is 28.1 Å². The molecule has 2 aromatic rings. The van der Waals surface area contributed by atoms with Crippen LogP contribution in [0.4, 0.5) is 10.7 Å². The fourth-order valence-electron chi connectivity index (χ4n) is 1.94. The Hall–Kier alpha value is -1.53. The Morgan fingerprint density at radius 1 is 1.29 bits per heavy atom. The van der Waals surface area contributed by atoms with Crippen LogP contribution in [0.2, 0.25) is 0 Å². The number of hydrogen-bond donors (Lipinski definition) is 1. The highest BCUT2D eigenvalue weighted by atomic mass is 79.9. The van der Waals surface area contributed by atoms with Gasteiger partial charge in [-0.15, -0.1) is 11.3 Å². The third-order valence-corrected chi connectivity index (χ3v) is 4.78. The fraction of sp³-hybridized carbons (Fsp3) is 0.267. The fourth-order valence-corrected chi connectivity index (χ4v) is 3.45. The van der Waals surface area contributed by atoms with Crippen molar-refractivity contribution in [2.45, 2.75) is 6.54 Å². The van der Waals surface area contributed by atoms with Crippen molar-refractivity contribution in [3.63, 3.8) is 0 Å². The second kappa shape index (κ2) is 6.49. The van der Waals surface area contributed by atoms with E-state index in [0.29, 0.717) is 10.6 Å². The van der Waals surface area contributed by atoms with Crippen LogP contribution in [0.1, 0.15) is 15.2 Å². The van der Waals surface area contributed by atoms with E-state index in [2.05, 4.69) is 33.0 Å². The number of carbonyl (C=O) groups excluding carboxylic acids is 1. The smallest absolute Gasteiger partial charge is 0.265 e. The minimum absolute atomic E-state index is 0.0559. The van der Waals surface area contributed by atoms with E-state index in [0.717, 1.165) is 16.0 Å². The molecular weight excluding hydrogens is 350 g/mol. The van der Waals surface area contributed by atoms with Crippen LogP contribution >= 0.6 is 27.3 Å². The zero-order valence-corrected chi connectivity index (χ0v) is 14.7. The summed E-state index contributed by atoms with van der Waals surface area (Å²) in [5, 5.41) is 0.984. The molecule has 112 valence electrons. The molecule has 1 aromatic carbocycles. The maximum absolute atomic E-state index is 12.0. The minimum atomic E-state index is -0.0559. The predicted molar refractivity (Wildman–Crippen MR) is 93.0 cm³/mol. The zero-order chi connectivity index (χ0) is 15.6. The lowest BCUT2D eigenvalue weighted by molar-refractivity contribution is 0.0833. The summed E-state index contributed by atoms with van der Waals surface area (Å²) in [6.45, 7) is 0.759. The molecule has 0 fully saturated rings. The van der Waals surface area contributed by atoms with E-state index in [1.54, 1.807) is 19.0 Å². The molecule has 2 rings (SSSR count). The lowest BCUT2D eigenvalue weighted by atomic mass is 10.2. The van der Waals surface area contributed by atoms with Crippen LogP contribution in [0.3, 0.4) is 0 Å². The van der Waals surface area contributed by atoms with Gasteiger partial charge in [0.1, 0.15) is 4.88 Å². The van der Waals surface area contributed by atoms with E-state index < -0.39 is 0 Å². The SMILES string of the molecule is CN(C)C(=O)c1sc(N(C)Cc2cccc(Br)c2)cc1N. The number of hydrogen-bond acceptors (Lipinski definition) is 4. The molecule has 21 heavy (non-hydrogen) atoms. The Morgan fingerprint density at radius 2 is 2.00 bits per heavy atom. The van der Waals surface area contributed by atoms with Gasteiger partial charge in [0, 0.05) is 32.2 Å². The third kappa shape index (κ3) is 3.77. The number of halogens is 1. The van der Waals surface area contributed by atoms with Gasteiger partial charge in [0.15, 0.2) is 0 Å². The summed E-state index contributed by atoms with van der Waals surface area (Å²) < 4.78 is 1.06. The Bertz CT molecular complexity index is 654. The van der Waals surface area contributed by atoms with Gasteiger partial charge in [0.05, 0.1) is 10.7 Å². The number of nitrogens with zero attached hydrogens (tertiary/aromatic N) is 2. The predicted octanol–water partition coefficient (Wildman–Crippen LogP) is 3.43. The maximum atomic E-state index is 12.0. The van der Waals surface area contributed by atoms with E-state index in [9.17, 15) is 4.79 Å². The van der Waals surface area contributed by atoms with E-state index in [-0.39, 0.29) is 5.91 Å². The average Bonchev–Trinajstić information content (AvgIpc) is 2.80. The van der Waals surface area contributed by atoms with Gasteiger partial charge in [-0.05, 0) is 23.8 Å². The van der Waals surface area contributed by atoms with Crippen LogP contribution in [0.15, 0.2) is 34.8 Å². The van der Waals surface area contributed by atoms with Crippen molar-refractivity contribution in [2.24, 2.45) is 0 Å². The molecule has 1 aromatic heterocycles. The Kier molecular flexibility index (Phi) is 4.90. The summed E-state index contributed by atoms with van der Waals surface area (Å²) in [5.41, 5.74) is 7.69. The number of thiophene rings is 1. The lowest BCUT2D eigenvalue weighted by Crippen LogP contribution is -2.21. The van der Waals surface area contributed by atoms with Crippen LogP contribution in [-0.2, 0) is 6.54 Å². The summed E-state index contributed by atoms with van der Waals surface area (Å²) in [5.74, 6) is -0.0559. The van der Waals surface area contributed by atoms with Crippen LogP contribution < -0.4 is 10.6 Å². The number of carbonyl (C=O) groups is 1. The molecule has 0 saturated carbocycles. The van der Waals surface area contributed by atoms with Crippen molar-refractivity contribution in [1.29, 1.82) is 0 Å². The molecule has 1 amide bonds. The normalized spacial score (nSPS) is 10.5. The summed E-state index contributed by atoms with van der Waals surface area (Å²) in [6.07, 6.45) is 0. The molecule has 0 radical (unpaired) electrons. The molecule has 0 aliphatic rings. The van der Waals surface area contributed by atoms with E-state index >= 15 is 0 Å². The number of nitrogen functional groups attached to an aromatic ring is 1. The number of nitrogens with two attached hydrogens (primary N) is 1. The van der Waals surface area contributed by atoms with E-state index in [1.165, 1.54) is 16.9 Å². The molecule has 6 heteroatoms. The van der Waals surface area contributed by atoms with Crippen LogP contribution in [0.5, 0.6) is 0 Å². The van der Waals surface area contributed by atoms with Gasteiger partial charge in [0.25, 0.3) is 5.91 Å². The molecule has 1 heterocycles. The molecular formula is C15H18BrN3OS. The zero-order valence-electron chi connectivity index (χ0n) is 12.3. The molecule has 0 aliphatic heterocycles. The van der Waals surface area contributed by atoms with Crippen molar-refractivity contribution < 1.29 is 4.79 Å². The van der Waals surface area contributed by atoms with Crippen molar-refractivity contribution in [1.82, 2.24) is 4.90 Å². The topological polar surface area (TPSA) is 49.6 Å². The van der Waals surface area contributed by atoms with Gasteiger partial charge >= 0.3 is 0 Å². The minimum Gasteiger partial charge on any atom is -0.397 e. The van der Waals surface area contributed by atoms with Crippen molar-refractivity contribution in [3.8, 4) is 0 Å². The molecule has 4 nitrogen and oxygen atoms in total. The average molecular weight is 368 g/mol. The quantitative estimate of drug-likeness (QED) is 0.900. The lowest BCUT2D eigenvalue weighted by Gasteiger charge is -2.17. The van der Waals surface area contributed by atoms with Crippen molar-refractivity contribution >= 4 is 43.9 Å². The van der Waals surface area contributed by atoms with Gasteiger partial charge in [-0.3, -0.25) is 4.79 Å². The van der Waals surface area contributed by atoms with Crippen LogP contribution in [0, 0.1) is 0 Å². The maximum Gasteiger partial charge on any atom is 0.265 e. The monoisotopic (exact) mass is 367 g/mol. The van der Waals surface area contributed by atoms with E-state index in [4.69, 9.17) is 5.73 Å². The van der Waals surface area contributed by atoms with E-state index in [1.807, 2.05) is 25.2 Å². The number of benzene rings is 1. The van der Waals surface area contributed by atoms with Crippen LogP contribution in [0.25, 0.3) is 0 Å². The van der Waals surface area contributed by atoms with Crippen molar-refractivity contribution in [3.05, 3.63) is 45.2 Å². The second-order valence-electron chi connectivity index (χ2n) is 5.05. The summed E-state index contributed by atoms with van der Waals surface area (Å²) in [7, 11) is 5.45. The molecule has 0 unspecified atom stereocenters. The standard InChI is InChI=1S/C15H18BrN3OS/c1-18(2)15(20)14-12(17)8-13(21-14)19(3)9-10-5-4-6-11(16)7-10/h4-8H,9,17H2,1-3H3. The summed E-state index contributed by atoms with van der Waals surface area (Å²) in [6, 6.07) is 10.0. The molecule has 0 spiro atoms. The Labute approximate surface area is 137 Å². The number of anilines is 2. The van der Waals surface area contributed by atoms with Crippen LogP contribution in [-0.4, -0.2) is 32.0 Å². The first kappa shape index (κ1) is 15.9. The Morgan fingerprint density at radius 3 is 2.62 bits per heavy atom. The van der Waals surface area contributed by atoms with Crippen molar-refractivity contribution in [2.75, 3.05) is 31.8 Å². The first-order valence-corrected chi connectivity index (χ1v) is 8.06. The van der Waals surface area contributed by atoms with Gasteiger partial charge < -0.3 is 15.5 Å². The van der Waals surface area contributed by atoms with Gasteiger partial charge in [-0.2, -0.15) is 0 Å². The third-order valence-electron chi connectivity index (χ3n) is 3.03. The highest BCUT2D eigenvalue weighted by molar-refractivity contribution is 9.10. The number of amides is 1. The summed E-state index contributed by atoms with van der Waals surface area (Å²) in [4.78, 5) is 16.3. The molecule has 2 N–H and O–H groups in total. The molecule has 0 bridgehead atoms. The van der Waals surface area contributed by atoms with Gasteiger partial charge in [0.2, 0.25) is 0 Å². The molecule has 0 atom stereocenters. The second-order valence-corrected chi connectivity index (χ2v) is 7.00. The highest BCUT2D eigenvalue weighted by Crippen LogP contribution is 2.33.